The third-order valence-corrected chi connectivity index (χ3v) is 10.6. The van der Waals surface area contributed by atoms with Gasteiger partial charge in [0.05, 0.1) is 41.6 Å². The number of carbonyl (C=O) groups excluding carboxylic acids is 1. The predicted molar refractivity (Wildman–Crippen MR) is 151 cm³/mol. The lowest BCUT2D eigenvalue weighted by atomic mass is 9.93. The molecule has 7 rings (SSSR count). The molecule has 5 aliphatic rings. The highest BCUT2D eigenvalue weighted by molar-refractivity contribution is 7.92. The highest BCUT2D eigenvalue weighted by Gasteiger charge is 2.46. The van der Waals surface area contributed by atoms with Crippen molar-refractivity contribution in [3.63, 3.8) is 0 Å². The SMILES string of the molecule is O=C(Nc1cc2c(c(N3CC4CC4C3)c1)OCC2)c1ccc(NS(=O)(=O)CCO)cc1N1CCC2(CC1)CC2. The highest BCUT2D eigenvalue weighted by Crippen LogP contribution is 2.54. The summed E-state index contributed by atoms with van der Waals surface area (Å²) in [5.74, 6) is 1.94. The Labute approximate surface area is 229 Å². The zero-order valence-electron chi connectivity index (χ0n) is 22.1. The average molecular weight is 553 g/mol. The molecule has 2 unspecified atom stereocenters. The summed E-state index contributed by atoms with van der Waals surface area (Å²) in [6, 6.07) is 9.15. The lowest BCUT2D eigenvalue weighted by Gasteiger charge is -2.35. The number of hydrogen-bond donors (Lipinski definition) is 3. The molecule has 0 bridgehead atoms. The van der Waals surface area contributed by atoms with Crippen LogP contribution in [0.25, 0.3) is 0 Å². The number of hydrogen-bond acceptors (Lipinski definition) is 7. The molecular formula is C29H36N4O5S. The Morgan fingerprint density at radius 3 is 2.46 bits per heavy atom. The van der Waals surface area contributed by atoms with Gasteiger partial charge in [0, 0.05) is 43.9 Å². The summed E-state index contributed by atoms with van der Waals surface area (Å²) in [6.45, 7) is 3.98. The van der Waals surface area contributed by atoms with Crippen LogP contribution < -0.4 is 24.6 Å². The van der Waals surface area contributed by atoms with Crippen molar-refractivity contribution in [3.05, 3.63) is 41.5 Å². The second-order valence-electron chi connectivity index (χ2n) is 12.1. The lowest BCUT2D eigenvalue weighted by Crippen LogP contribution is -2.35. The van der Waals surface area contributed by atoms with E-state index >= 15 is 0 Å². The first-order valence-corrected chi connectivity index (χ1v) is 15.8. The molecule has 9 nitrogen and oxygen atoms in total. The van der Waals surface area contributed by atoms with Gasteiger partial charge in [-0.15, -0.1) is 0 Å². The van der Waals surface area contributed by atoms with Crippen molar-refractivity contribution in [1.82, 2.24) is 0 Å². The maximum Gasteiger partial charge on any atom is 0.257 e. The van der Waals surface area contributed by atoms with E-state index in [1.54, 1.807) is 18.2 Å². The average Bonchev–Trinajstić information content (AvgIpc) is 3.73. The van der Waals surface area contributed by atoms with Crippen LogP contribution in [0.2, 0.25) is 0 Å². The number of benzene rings is 2. The first-order valence-electron chi connectivity index (χ1n) is 14.2. The first-order chi connectivity index (χ1) is 18.8. The Morgan fingerprint density at radius 2 is 1.74 bits per heavy atom. The Bertz CT molecular complexity index is 1400. The quantitative estimate of drug-likeness (QED) is 0.460. The molecule has 3 aliphatic heterocycles. The molecule has 2 aliphatic carbocycles. The Morgan fingerprint density at radius 1 is 1.00 bits per heavy atom. The fraction of sp³-hybridized carbons (Fsp3) is 0.552. The van der Waals surface area contributed by atoms with E-state index in [0.29, 0.717) is 23.3 Å². The fourth-order valence-corrected chi connectivity index (χ4v) is 7.51. The topological polar surface area (TPSA) is 111 Å². The van der Waals surface area contributed by atoms with E-state index in [1.165, 1.54) is 19.3 Å². The monoisotopic (exact) mass is 552 g/mol. The second-order valence-corrected chi connectivity index (χ2v) is 13.9. The minimum absolute atomic E-state index is 0.212. The van der Waals surface area contributed by atoms with Crippen molar-refractivity contribution < 1.29 is 23.1 Å². The van der Waals surface area contributed by atoms with Crippen LogP contribution in [0.1, 0.15) is 48.0 Å². The van der Waals surface area contributed by atoms with E-state index in [2.05, 4.69) is 19.8 Å². The summed E-state index contributed by atoms with van der Waals surface area (Å²) < 4.78 is 33.2. The third kappa shape index (κ3) is 4.93. The highest BCUT2D eigenvalue weighted by atomic mass is 32.2. The number of nitrogens with zero attached hydrogens (tertiary/aromatic N) is 2. The van der Waals surface area contributed by atoms with Crippen LogP contribution in [0.4, 0.5) is 22.7 Å². The molecule has 0 radical (unpaired) electrons. The van der Waals surface area contributed by atoms with E-state index in [0.717, 1.165) is 85.7 Å². The van der Waals surface area contributed by atoms with Gasteiger partial charge in [0.15, 0.2) is 0 Å². The zero-order valence-corrected chi connectivity index (χ0v) is 22.9. The van der Waals surface area contributed by atoms with Crippen LogP contribution in [0.15, 0.2) is 30.3 Å². The molecule has 0 aromatic heterocycles. The van der Waals surface area contributed by atoms with Gasteiger partial charge in [-0.25, -0.2) is 8.42 Å². The number of sulfonamides is 1. The summed E-state index contributed by atoms with van der Waals surface area (Å²) in [4.78, 5) is 18.4. The number of carbonyl (C=O) groups is 1. The molecule has 39 heavy (non-hydrogen) atoms. The van der Waals surface area contributed by atoms with Gasteiger partial charge in [-0.3, -0.25) is 9.52 Å². The van der Waals surface area contributed by atoms with Crippen molar-refractivity contribution in [2.75, 3.05) is 65.0 Å². The first kappa shape index (κ1) is 25.0. The maximum absolute atomic E-state index is 13.8. The molecule has 3 N–H and O–H groups in total. The van der Waals surface area contributed by atoms with E-state index < -0.39 is 16.6 Å². The van der Waals surface area contributed by atoms with Crippen molar-refractivity contribution in [1.29, 1.82) is 0 Å². The number of aliphatic hydroxyl groups excluding tert-OH is 1. The molecule has 4 fully saturated rings. The Hall–Kier alpha value is -2.98. The number of ether oxygens (including phenoxy) is 1. The summed E-state index contributed by atoms with van der Waals surface area (Å²) in [7, 11) is -3.68. The van der Waals surface area contributed by atoms with E-state index in [4.69, 9.17) is 9.84 Å². The Balaban J connectivity index is 1.17. The number of piperidine rings is 2. The lowest BCUT2D eigenvalue weighted by molar-refractivity contribution is 0.102. The van der Waals surface area contributed by atoms with Gasteiger partial charge in [-0.2, -0.15) is 0 Å². The van der Waals surface area contributed by atoms with Crippen LogP contribution in [0.3, 0.4) is 0 Å². The van der Waals surface area contributed by atoms with Crippen molar-refractivity contribution in [2.45, 2.75) is 38.5 Å². The number of amides is 1. The van der Waals surface area contributed by atoms with Crippen LogP contribution in [-0.4, -0.2) is 64.6 Å². The summed E-state index contributed by atoms with van der Waals surface area (Å²) in [5, 5.41) is 12.3. The van der Waals surface area contributed by atoms with Crippen LogP contribution in [0, 0.1) is 17.3 Å². The summed E-state index contributed by atoms with van der Waals surface area (Å²) in [5.41, 5.74) is 5.08. The fourth-order valence-electron chi connectivity index (χ4n) is 6.69. The van der Waals surface area contributed by atoms with Gasteiger partial charge in [-0.05, 0) is 79.7 Å². The molecule has 10 heteroatoms. The molecule has 2 saturated carbocycles. The predicted octanol–water partition coefficient (Wildman–Crippen LogP) is 3.44. The normalized spacial score (nSPS) is 24.2. The molecule has 208 valence electrons. The number of aliphatic hydroxyl groups is 1. The van der Waals surface area contributed by atoms with Crippen molar-refractivity contribution in [2.24, 2.45) is 17.3 Å². The number of anilines is 4. The van der Waals surface area contributed by atoms with Gasteiger partial charge >= 0.3 is 0 Å². The maximum atomic E-state index is 13.8. The molecule has 3 heterocycles. The van der Waals surface area contributed by atoms with Crippen LogP contribution in [0.5, 0.6) is 5.75 Å². The molecule has 2 atom stereocenters. The number of fused-ring (bicyclic) bond motifs is 2. The molecule has 1 amide bonds. The van der Waals surface area contributed by atoms with Crippen molar-refractivity contribution >= 4 is 38.7 Å². The number of rotatable bonds is 8. The zero-order chi connectivity index (χ0) is 26.8. The molecule has 2 aromatic carbocycles. The molecule has 2 saturated heterocycles. The second kappa shape index (κ2) is 9.30. The number of nitrogens with one attached hydrogen (secondary N) is 2. The third-order valence-electron chi connectivity index (χ3n) is 9.34. The summed E-state index contributed by atoms with van der Waals surface area (Å²) in [6.07, 6.45) is 6.87. The van der Waals surface area contributed by atoms with Gasteiger partial charge in [0.1, 0.15) is 5.75 Å². The van der Waals surface area contributed by atoms with Gasteiger partial charge in [0.25, 0.3) is 5.91 Å². The largest absolute Gasteiger partial charge is 0.491 e. The van der Waals surface area contributed by atoms with Crippen molar-refractivity contribution in [3.8, 4) is 5.75 Å². The van der Waals surface area contributed by atoms with Gasteiger partial charge in [0.2, 0.25) is 10.0 Å². The van der Waals surface area contributed by atoms with Gasteiger partial charge in [-0.1, -0.05) is 0 Å². The smallest absolute Gasteiger partial charge is 0.257 e. The minimum atomic E-state index is -3.68. The molecule has 1 spiro atoms. The molecular weight excluding hydrogens is 516 g/mol. The molecule has 2 aromatic rings. The van der Waals surface area contributed by atoms with E-state index in [1.807, 2.05) is 12.1 Å². The van der Waals surface area contributed by atoms with E-state index in [-0.39, 0.29) is 11.7 Å². The van der Waals surface area contributed by atoms with Gasteiger partial charge < -0.3 is 25.0 Å². The van der Waals surface area contributed by atoms with Crippen LogP contribution >= 0.6 is 0 Å². The minimum Gasteiger partial charge on any atom is -0.491 e. The van der Waals surface area contributed by atoms with E-state index in [9.17, 15) is 13.2 Å². The standard InChI is InChI=1S/C29H36N4O5S/c34-10-12-39(36,37)31-22-1-2-24(25(15-22)32-8-6-29(4-5-29)7-9-32)28(35)30-23-14-19-3-11-38-27(19)26(16-23)33-17-20-13-21(20)18-33/h1-2,14-16,20-21,31,34H,3-13,17-18H2,(H,30,35). The van der Waals surface area contributed by atoms with Crippen LogP contribution in [-0.2, 0) is 16.4 Å². The summed E-state index contributed by atoms with van der Waals surface area (Å²) >= 11 is 0. The Kier molecular flexibility index (Phi) is 5.97.